The van der Waals surface area contributed by atoms with Gasteiger partial charge in [0.2, 0.25) is 0 Å². The Kier molecular flexibility index (Phi) is 4.72. The highest BCUT2D eigenvalue weighted by atomic mass is 16.6. The molecule has 2 fully saturated rings. The SMILES string of the molecule is B[C@@H]1O[C@H](CC)C(O)[C@@H]1OC[C@H]1O[C@@H](B)CC1O. The van der Waals surface area contributed by atoms with Crippen LogP contribution in [0.25, 0.3) is 0 Å². The molecular weight excluding hydrogens is 234 g/mol. The molecule has 0 aromatic heterocycles. The Morgan fingerprint density at radius 3 is 2.44 bits per heavy atom. The van der Waals surface area contributed by atoms with Crippen LogP contribution in [0.15, 0.2) is 0 Å². The Morgan fingerprint density at radius 1 is 1.22 bits per heavy atom. The van der Waals surface area contributed by atoms with E-state index >= 15 is 0 Å². The lowest BCUT2D eigenvalue weighted by Crippen LogP contribution is -2.39. The van der Waals surface area contributed by atoms with Crippen LogP contribution in [0.2, 0.25) is 0 Å². The lowest BCUT2D eigenvalue weighted by molar-refractivity contribution is -0.0814. The van der Waals surface area contributed by atoms with Crippen LogP contribution in [0, 0.1) is 0 Å². The maximum absolute atomic E-state index is 10.1. The van der Waals surface area contributed by atoms with Gasteiger partial charge in [-0.2, -0.15) is 0 Å². The van der Waals surface area contributed by atoms with Crippen molar-refractivity contribution in [1.82, 2.24) is 0 Å². The smallest absolute Gasteiger partial charge is 0.142 e. The number of hydrogen-bond donors (Lipinski definition) is 2. The first-order chi connectivity index (χ1) is 8.52. The zero-order valence-electron chi connectivity index (χ0n) is 11.3. The second kappa shape index (κ2) is 5.92. The largest absolute Gasteiger partial charge is 0.390 e. The predicted octanol–water partition coefficient (Wildman–Crippen LogP) is -2.39. The van der Waals surface area contributed by atoms with E-state index in [0.717, 1.165) is 6.42 Å². The minimum atomic E-state index is -0.596. The zero-order chi connectivity index (χ0) is 13.3. The third kappa shape index (κ3) is 2.91. The number of rotatable bonds is 4. The third-order valence-corrected chi connectivity index (χ3v) is 3.83. The van der Waals surface area contributed by atoms with E-state index in [0.29, 0.717) is 13.0 Å². The molecule has 2 aliphatic heterocycles. The summed E-state index contributed by atoms with van der Waals surface area (Å²) < 4.78 is 16.9. The van der Waals surface area contributed by atoms with E-state index in [1.807, 2.05) is 22.6 Å². The average molecular weight is 256 g/mol. The molecule has 0 spiro atoms. The topological polar surface area (TPSA) is 68.2 Å². The van der Waals surface area contributed by atoms with Crippen LogP contribution in [0.1, 0.15) is 19.8 Å². The van der Waals surface area contributed by atoms with E-state index < -0.39 is 12.2 Å². The summed E-state index contributed by atoms with van der Waals surface area (Å²) in [5, 5.41) is 19.8. The van der Waals surface area contributed by atoms with Gasteiger partial charge < -0.3 is 24.4 Å². The van der Waals surface area contributed by atoms with Gasteiger partial charge in [0.05, 0.1) is 24.8 Å². The first-order valence-corrected chi connectivity index (χ1v) is 6.81. The monoisotopic (exact) mass is 256 g/mol. The van der Waals surface area contributed by atoms with E-state index in [1.54, 1.807) is 0 Å². The predicted molar refractivity (Wildman–Crippen MR) is 71.1 cm³/mol. The van der Waals surface area contributed by atoms with Gasteiger partial charge in [0.15, 0.2) is 0 Å². The summed E-state index contributed by atoms with van der Waals surface area (Å²) in [6.45, 7) is 2.28. The summed E-state index contributed by atoms with van der Waals surface area (Å²) in [4.78, 5) is 0. The fourth-order valence-corrected chi connectivity index (χ4v) is 2.79. The Labute approximate surface area is 110 Å². The summed E-state index contributed by atoms with van der Waals surface area (Å²) in [5.74, 6) is 0. The molecule has 0 saturated carbocycles. The standard InChI is InChI=1S/C11H22B2O5/c1-2-6-9(15)10(11(13)18-6)16-4-7-5(14)3-8(12)17-7/h5-11,14-15H,2-4,12-13H2,1H3/t5?,6-,7-,8-,9?,10+,11-/m1/s1. The van der Waals surface area contributed by atoms with Gasteiger partial charge in [-0.05, 0) is 12.8 Å². The molecule has 0 bridgehead atoms. The van der Waals surface area contributed by atoms with Crippen molar-refractivity contribution in [2.75, 3.05) is 6.61 Å². The van der Waals surface area contributed by atoms with Gasteiger partial charge in [0, 0.05) is 6.00 Å². The van der Waals surface area contributed by atoms with Crippen LogP contribution in [-0.4, -0.2) is 75.0 Å². The highest BCUT2D eigenvalue weighted by Gasteiger charge is 2.42. The molecule has 5 nitrogen and oxygen atoms in total. The van der Waals surface area contributed by atoms with E-state index in [1.165, 1.54) is 0 Å². The second-order valence-corrected chi connectivity index (χ2v) is 5.36. The van der Waals surface area contributed by atoms with Crippen LogP contribution in [-0.2, 0) is 14.2 Å². The van der Waals surface area contributed by atoms with Crippen LogP contribution < -0.4 is 0 Å². The first kappa shape index (κ1) is 14.3. The van der Waals surface area contributed by atoms with Crippen molar-refractivity contribution in [2.24, 2.45) is 0 Å². The van der Waals surface area contributed by atoms with E-state index in [4.69, 9.17) is 14.2 Å². The van der Waals surface area contributed by atoms with Crippen molar-refractivity contribution in [3.8, 4) is 0 Å². The van der Waals surface area contributed by atoms with Gasteiger partial charge in [0.25, 0.3) is 0 Å². The molecule has 102 valence electrons. The van der Waals surface area contributed by atoms with Crippen LogP contribution in [0.3, 0.4) is 0 Å². The molecule has 0 radical (unpaired) electrons. The molecule has 2 N–H and O–H groups in total. The van der Waals surface area contributed by atoms with Gasteiger partial charge in [0.1, 0.15) is 34.0 Å². The number of ether oxygens (including phenoxy) is 3. The van der Waals surface area contributed by atoms with Gasteiger partial charge in [-0.15, -0.1) is 0 Å². The molecule has 2 saturated heterocycles. The van der Waals surface area contributed by atoms with Crippen LogP contribution in [0.5, 0.6) is 0 Å². The molecule has 0 aromatic carbocycles. The highest BCUT2D eigenvalue weighted by molar-refractivity contribution is 6.11. The maximum atomic E-state index is 10.1. The minimum Gasteiger partial charge on any atom is -0.390 e. The molecule has 7 atom stereocenters. The molecular formula is C11H22B2O5. The van der Waals surface area contributed by atoms with Gasteiger partial charge in [-0.25, -0.2) is 0 Å². The van der Waals surface area contributed by atoms with Crippen LogP contribution >= 0.6 is 0 Å². The lowest BCUT2D eigenvalue weighted by atomic mass is 9.92. The maximum Gasteiger partial charge on any atom is 0.142 e. The zero-order valence-corrected chi connectivity index (χ0v) is 11.3. The number of hydrogen-bond acceptors (Lipinski definition) is 5. The van der Waals surface area contributed by atoms with E-state index in [2.05, 4.69) is 0 Å². The normalized spacial score (nSPS) is 48.7. The first-order valence-electron chi connectivity index (χ1n) is 6.81. The van der Waals surface area contributed by atoms with Crippen molar-refractivity contribution in [3.05, 3.63) is 0 Å². The fourth-order valence-electron chi connectivity index (χ4n) is 2.79. The Bertz CT molecular complexity index is 280. The Hall–Kier alpha value is -0.0701. The molecule has 7 heteroatoms. The van der Waals surface area contributed by atoms with Gasteiger partial charge >= 0.3 is 0 Å². The quantitative estimate of drug-likeness (QED) is 0.549. The number of aliphatic hydroxyl groups is 2. The summed E-state index contributed by atoms with van der Waals surface area (Å²) in [6, 6.07) is -0.0555. The summed E-state index contributed by atoms with van der Waals surface area (Å²) >= 11 is 0. The molecule has 0 amide bonds. The molecule has 0 aromatic rings. The Balaban J connectivity index is 1.83. The summed E-state index contributed by atoms with van der Waals surface area (Å²) in [5.41, 5.74) is 0. The highest BCUT2D eigenvalue weighted by Crippen LogP contribution is 2.26. The molecule has 0 aliphatic carbocycles. The summed E-state index contributed by atoms with van der Waals surface area (Å²) in [6.07, 6.45) is -0.437. The second-order valence-electron chi connectivity index (χ2n) is 5.36. The van der Waals surface area contributed by atoms with Crippen molar-refractivity contribution in [3.63, 3.8) is 0 Å². The minimum absolute atomic E-state index is 0.0687. The fraction of sp³-hybridized carbons (Fsp3) is 1.00. The number of aliphatic hydroxyl groups excluding tert-OH is 2. The van der Waals surface area contributed by atoms with Crippen molar-refractivity contribution < 1.29 is 24.4 Å². The van der Waals surface area contributed by atoms with E-state index in [9.17, 15) is 10.2 Å². The van der Waals surface area contributed by atoms with Gasteiger partial charge in [-0.1, -0.05) is 6.92 Å². The average Bonchev–Trinajstić information content (AvgIpc) is 2.77. The van der Waals surface area contributed by atoms with Crippen LogP contribution in [0.4, 0.5) is 0 Å². The van der Waals surface area contributed by atoms with Gasteiger partial charge in [-0.3, -0.25) is 0 Å². The van der Waals surface area contributed by atoms with E-state index in [-0.39, 0.29) is 30.3 Å². The van der Waals surface area contributed by atoms with Crippen molar-refractivity contribution >= 4 is 15.7 Å². The molecule has 2 rings (SSSR count). The molecule has 2 aliphatic rings. The summed E-state index contributed by atoms with van der Waals surface area (Å²) in [7, 11) is 3.84. The molecule has 2 heterocycles. The Morgan fingerprint density at radius 2 is 1.94 bits per heavy atom. The van der Waals surface area contributed by atoms with Crippen molar-refractivity contribution in [1.29, 1.82) is 0 Å². The lowest BCUT2D eigenvalue weighted by Gasteiger charge is -2.22. The third-order valence-electron chi connectivity index (χ3n) is 3.83. The van der Waals surface area contributed by atoms with Crippen molar-refractivity contribution in [2.45, 2.75) is 62.3 Å². The molecule has 2 unspecified atom stereocenters. The molecule has 18 heavy (non-hydrogen) atoms.